The van der Waals surface area contributed by atoms with Gasteiger partial charge in [-0.3, -0.25) is 0 Å². The lowest BCUT2D eigenvalue weighted by Crippen LogP contribution is -2.18. The van der Waals surface area contributed by atoms with E-state index in [2.05, 4.69) is 43.1 Å². The van der Waals surface area contributed by atoms with E-state index in [0.29, 0.717) is 0 Å². The van der Waals surface area contributed by atoms with Crippen LogP contribution in [0.3, 0.4) is 0 Å². The van der Waals surface area contributed by atoms with Gasteiger partial charge in [0.05, 0.1) is 18.0 Å². The van der Waals surface area contributed by atoms with Gasteiger partial charge in [-0.05, 0) is 41.8 Å². The van der Waals surface area contributed by atoms with Crippen LogP contribution in [0.25, 0.3) is 0 Å². The van der Waals surface area contributed by atoms with E-state index < -0.39 is 0 Å². The molecule has 1 heterocycles. The predicted molar refractivity (Wildman–Crippen MR) is 83.3 cm³/mol. The first-order valence-corrected chi connectivity index (χ1v) is 6.95. The number of anilines is 2. The van der Waals surface area contributed by atoms with Crippen LogP contribution < -0.4 is 15.4 Å². The molecule has 2 aromatic rings. The van der Waals surface area contributed by atoms with Gasteiger partial charge in [0, 0.05) is 20.0 Å². The number of benzene rings is 2. The van der Waals surface area contributed by atoms with Crippen molar-refractivity contribution >= 4 is 11.4 Å². The maximum Gasteiger partial charge on any atom is 0.122 e. The van der Waals surface area contributed by atoms with Crippen molar-refractivity contribution in [3.05, 3.63) is 53.1 Å². The van der Waals surface area contributed by atoms with Gasteiger partial charge in [0.2, 0.25) is 0 Å². The fraction of sp³-hybridized carbons (Fsp3) is 0.294. The highest BCUT2D eigenvalue weighted by atomic mass is 16.5. The Labute approximate surface area is 120 Å². The molecule has 2 aromatic carbocycles. The first-order valence-electron chi connectivity index (χ1n) is 6.95. The van der Waals surface area contributed by atoms with Gasteiger partial charge in [-0.2, -0.15) is 0 Å². The molecule has 3 rings (SSSR count). The number of nitrogens with two attached hydrogens (primary N) is 1. The Morgan fingerprint density at radius 3 is 2.90 bits per heavy atom. The summed E-state index contributed by atoms with van der Waals surface area (Å²) in [6, 6.07) is 12.6. The smallest absolute Gasteiger partial charge is 0.122 e. The Kier molecular flexibility index (Phi) is 3.26. The van der Waals surface area contributed by atoms with Crippen molar-refractivity contribution in [3.63, 3.8) is 0 Å². The number of ether oxygens (including phenoxy) is 1. The Morgan fingerprint density at radius 1 is 1.20 bits per heavy atom. The maximum absolute atomic E-state index is 6.07. The SMILES string of the molecule is Cc1ccc(N)c(N(C)Cc2ccc3c(c2)CCO3)c1. The average Bonchev–Trinajstić information content (AvgIpc) is 2.89. The van der Waals surface area contributed by atoms with E-state index in [1.165, 1.54) is 16.7 Å². The van der Waals surface area contributed by atoms with Crippen LogP contribution >= 0.6 is 0 Å². The molecule has 0 atom stereocenters. The van der Waals surface area contributed by atoms with E-state index in [1.807, 2.05) is 12.1 Å². The molecule has 0 fully saturated rings. The summed E-state index contributed by atoms with van der Waals surface area (Å²) in [7, 11) is 2.08. The molecular formula is C17H20N2O. The summed E-state index contributed by atoms with van der Waals surface area (Å²) in [5.41, 5.74) is 11.8. The third kappa shape index (κ3) is 2.44. The van der Waals surface area contributed by atoms with E-state index in [0.717, 1.165) is 36.7 Å². The second kappa shape index (κ2) is 5.08. The van der Waals surface area contributed by atoms with E-state index >= 15 is 0 Å². The first kappa shape index (κ1) is 12.9. The third-order valence-corrected chi connectivity index (χ3v) is 3.77. The zero-order valence-electron chi connectivity index (χ0n) is 12.0. The van der Waals surface area contributed by atoms with Crippen molar-refractivity contribution in [1.82, 2.24) is 0 Å². The second-order valence-corrected chi connectivity index (χ2v) is 5.46. The van der Waals surface area contributed by atoms with Crippen LogP contribution in [-0.2, 0) is 13.0 Å². The topological polar surface area (TPSA) is 38.5 Å². The zero-order valence-corrected chi connectivity index (χ0v) is 12.0. The molecule has 0 aromatic heterocycles. The molecule has 0 unspecified atom stereocenters. The molecule has 0 amide bonds. The molecule has 20 heavy (non-hydrogen) atoms. The lowest BCUT2D eigenvalue weighted by molar-refractivity contribution is 0.357. The van der Waals surface area contributed by atoms with Gasteiger partial charge in [-0.15, -0.1) is 0 Å². The van der Waals surface area contributed by atoms with Crippen molar-refractivity contribution in [2.24, 2.45) is 0 Å². The normalized spacial score (nSPS) is 12.9. The van der Waals surface area contributed by atoms with Crippen LogP contribution in [0, 0.1) is 6.92 Å². The van der Waals surface area contributed by atoms with Crippen molar-refractivity contribution in [3.8, 4) is 5.75 Å². The third-order valence-electron chi connectivity index (χ3n) is 3.77. The summed E-state index contributed by atoms with van der Waals surface area (Å²) >= 11 is 0. The van der Waals surface area contributed by atoms with Gasteiger partial charge in [-0.25, -0.2) is 0 Å². The van der Waals surface area contributed by atoms with E-state index in [4.69, 9.17) is 10.5 Å². The zero-order chi connectivity index (χ0) is 14.1. The molecule has 0 aliphatic carbocycles. The molecule has 3 heteroatoms. The fourth-order valence-corrected chi connectivity index (χ4v) is 2.68. The molecule has 3 nitrogen and oxygen atoms in total. The summed E-state index contributed by atoms with van der Waals surface area (Å²) in [6.45, 7) is 3.74. The average molecular weight is 268 g/mol. The molecule has 0 bridgehead atoms. The van der Waals surface area contributed by atoms with Gasteiger partial charge in [0.15, 0.2) is 0 Å². The Morgan fingerprint density at radius 2 is 2.05 bits per heavy atom. The maximum atomic E-state index is 6.07. The number of nitrogen functional groups attached to an aromatic ring is 1. The molecule has 2 N–H and O–H groups in total. The highest BCUT2D eigenvalue weighted by Gasteiger charge is 2.13. The highest BCUT2D eigenvalue weighted by molar-refractivity contribution is 5.68. The van der Waals surface area contributed by atoms with Gasteiger partial charge in [0.1, 0.15) is 5.75 Å². The van der Waals surface area contributed by atoms with Crippen LogP contribution in [0.2, 0.25) is 0 Å². The summed E-state index contributed by atoms with van der Waals surface area (Å²) in [6.07, 6.45) is 1.01. The Bertz CT molecular complexity index is 637. The number of rotatable bonds is 3. The minimum atomic E-state index is 0.805. The lowest BCUT2D eigenvalue weighted by atomic mass is 10.1. The van der Waals surface area contributed by atoms with Crippen LogP contribution in [-0.4, -0.2) is 13.7 Å². The number of hydrogen-bond acceptors (Lipinski definition) is 3. The summed E-state index contributed by atoms with van der Waals surface area (Å²) in [5.74, 6) is 1.03. The monoisotopic (exact) mass is 268 g/mol. The largest absolute Gasteiger partial charge is 0.493 e. The van der Waals surface area contributed by atoms with Gasteiger partial charge >= 0.3 is 0 Å². The molecule has 0 saturated heterocycles. The minimum absolute atomic E-state index is 0.805. The van der Waals surface area contributed by atoms with Crippen LogP contribution in [0.5, 0.6) is 5.75 Å². The molecule has 1 aliphatic heterocycles. The van der Waals surface area contributed by atoms with E-state index in [9.17, 15) is 0 Å². The molecule has 0 radical (unpaired) electrons. The van der Waals surface area contributed by atoms with Crippen LogP contribution in [0.15, 0.2) is 36.4 Å². The van der Waals surface area contributed by atoms with Crippen LogP contribution in [0.1, 0.15) is 16.7 Å². The predicted octanol–water partition coefficient (Wildman–Crippen LogP) is 3.15. The number of aryl methyl sites for hydroxylation is 1. The fourth-order valence-electron chi connectivity index (χ4n) is 2.68. The highest BCUT2D eigenvalue weighted by Crippen LogP contribution is 2.28. The lowest BCUT2D eigenvalue weighted by Gasteiger charge is -2.22. The molecule has 0 saturated carbocycles. The van der Waals surface area contributed by atoms with Gasteiger partial charge < -0.3 is 15.4 Å². The second-order valence-electron chi connectivity index (χ2n) is 5.46. The van der Waals surface area contributed by atoms with Crippen molar-refractivity contribution in [2.45, 2.75) is 19.9 Å². The summed E-state index contributed by atoms with van der Waals surface area (Å²) in [5, 5.41) is 0. The molecule has 104 valence electrons. The van der Waals surface area contributed by atoms with Crippen LogP contribution in [0.4, 0.5) is 11.4 Å². The Hall–Kier alpha value is -2.16. The van der Waals surface area contributed by atoms with Crippen molar-refractivity contribution in [2.75, 3.05) is 24.3 Å². The van der Waals surface area contributed by atoms with Crippen molar-refractivity contribution in [1.29, 1.82) is 0 Å². The summed E-state index contributed by atoms with van der Waals surface area (Å²) < 4.78 is 5.54. The molecule has 0 spiro atoms. The first-order chi connectivity index (χ1) is 9.63. The number of fused-ring (bicyclic) bond motifs is 1. The summed E-state index contributed by atoms with van der Waals surface area (Å²) in [4.78, 5) is 2.19. The molecular weight excluding hydrogens is 248 g/mol. The van der Waals surface area contributed by atoms with Gasteiger partial charge in [0.25, 0.3) is 0 Å². The standard InChI is InChI=1S/C17H20N2O/c1-12-3-5-15(18)16(9-12)19(2)11-13-4-6-17-14(10-13)7-8-20-17/h3-6,9-10H,7-8,11,18H2,1-2H3. The van der Waals surface area contributed by atoms with E-state index in [1.54, 1.807) is 0 Å². The minimum Gasteiger partial charge on any atom is -0.493 e. The number of hydrogen-bond donors (Lipinski definition) is 1. The van der Waals surface area contributed by atoms with Crippen molar-refractivity contribution < 1.29 is 4.74 Å². The Balaban J connectivity index is 1.82. The van der Waals surface area contributed by atoms with Gasteiger partial charge in [-0.1, -0.05) is 18.2 Å². The molecule has 1 aliphatic rings. The number of nitrogens with zero attached hydrogens (tertiary/aromatic N) is 1. The van der Waals surface area contributed by atoms with E-state index in [-0.39, 0.29) is 0 Å². The quantitative estimate of drug-likeness (QED) is 0.869.